The van der Waals surface area contributed by atoms with Crippen LogP contribution in [0.5, 0.6) is 0 Å². The molecule has 5 aromatic carbocycles. The summed E-state index contributed by atoms with van der Waals surface area (Å²) >= 11 is 1.89. The molecule has 0 saturated carbocycles. The zero-order chi connectivity index (χ0) is 33.2. The highest BCUT2D eigenvalue weighted by molar-refractivity contribution is 7.26. The molecule has 50 heavy (non-hydrogen) atoms. The maximum atomic E-state index is 10.3. The van der Waals surface area contributed by atoms with Gasteiger partial charge in [-0.05, 0) is 55.2 Å². The predicted octanol–water partition coefficient (Wildman–Crippen LogP) is 12.5. The molecule has 8 aromatic rings. The SMILES string of the molecule is N#CC1/C=C(c2ccccc2-n2c3c(c4ccccc42)C=CC=CC3)\C=C(\n2c3ccccc3c3ccc4c5ccccc5sc4c32)CCC1. The fourth-order valence-electron chi connectivity index (χ4n) is 8.38. The lowest BCUT2D eigenvalue weighted by molar-refractivity contribution is 0.667. The van der Waals surface area contributed by atoms with Gasteiger partial charge in [0.25, 0.3) is 0 Å². The fourth-order valence-corrected chi connectivity index (χ4v) is 9.62. The number of nitriles is 1. The van der Waals surface area contributed by atoms with Crippen LogP contribution in [-0.2, 0) is 6.42 Å². The molecule has 0 amide bonds. The van der Waals surface area contributed by atoms with E-state index in [0.717, 1.165) is 42.5 Å². The first-order valence-electron chi connectivity index (χ1n) is 17.5. The molecule has 0 aliphatic heterocycles. The summed E-state index contributed by atoms with van der Waals surface area (Å²) in [7, 11) is 0. The average molecular weight is 660 g/mol. The summed E-state index contributed by atoms with van der Waals surface area (Å²) in [5.41, 5.74) is 10.9. The third-order valence-electron chi connectivity index (χ3n) is 10.6. The van der Waals surface area contributed by atoms with Crippen LogP contribution in [-0.4, -0.2) is 9.13 Å². The van der Waals surface area contributed by atoms with Crippen LogP contribution in [0.25, 0.3) is 75.9 Å². The molecule has 2 aliphatic carbocycles. The Morgan fingerprint density at radius 3 is 2.32 bits per heavy atom. The summed E-state index contributed by atoms with van der Waals surface area (Å²) in [5, 5.41) is 16.8. The standard InChI is InChI=1S/C46H33N3S/c47-29-30-13-12-14-32(48-41-22-9-6-18-36(41)38-25-26-39-37-19-7-11-24-44(37)50-46(39)45(38)48)28-31(27-30)33-15-4-8-21-40(33)49-42-20-3-1-2-16-34(42)35-17-5-10-23-43(35)49/h1-11,15-19,21-28,30H,12-14,20H2/b31-27+,32-28+. The number of aromatic nitrogens is 2. The number of allylic oxidation sites excluding steroid dienone is 7. The van der Waals surface area contributed by atoms with Crippen LogP contribution >= 0.6 is 11.3 Å². The largest absolute Gasteiger partial charge is 0.312 e. The quantitative estimate of drug-likeness (QED) is 0.186. The molecule has 0 radical (unpaired) electrons. The Hall–Kier alpha value is -5.89. The van der Waals surface area contributed by atoms with E-state index in [9.17, 15) is 5.26 Å². The number of fused-ring (bicyclic) bond motifs is 10. The Balaban J connectivity index is 1.26. The van der Waals surface area contributed by atoms with Crippen molar-refractivity contribution >= 4 is 81.6 Å². The van der Waals surface area contributed by atoms with Gasteiger partial charge in [0.05, 0.1) is 38.9 Å². The second kappa shape index (κ2) is 11.6. The summed E-state index contributed by atoms with van der Waals surface area (Å²) in [4.78, 5) is 0. The molecule has 0 saturated heterocycles. The van der Waals surface area contributed by atoms with Crippen molar-refractivity contribution in [3.8, 4) is 11.8 Å². The minimum atomic E-state index is -0.160. The lowest BCUT2D eigenvalue weighted by Gasteiger charge is -2.21. The van der Waals surface area contributed by atoms with Crippen molar-refractivity contribution in [1.29, 1.82) is 5.26 Å². The first-order chi connectivity index (χ1) is 24.8. The molecule has 0 spiro atoms. The van der Waals surface area contributed by atoms with E-state index in [1.807, 2.05) is 11.3 Å². The molecule has 1 unspecified atom stereocenters. The number of hydrogen-bond acceptors (Lipinski definition) is 2. The number of benzene rings is 5. The van der Waals surface area contributed by atoms with Crippen LogP contribution in [0.2, 0.25) is 0 Å². The van der Waals surface area contributed by atoms with Crippen molar-refractivity contribution in [3.05, 3.63) is 156 Å². The van der Waals surface area contributed by atoms with Crippen LogP contribution in [0.15, 0.2) is 140 Å². The molecular formula is C46H33N3S. The highest BCUT2D eigenvalue weighted by Crippen LogP contribution is 2.44. The van der Waals surface area contributed by atoms with Gasteiger partial charge in [-0.25, -0.2) is 0 Å². The maximum absolute atomic E-state index is 10.3. The number of nitrogens with zero attached hydrogens (tertiary/aromatic N) is 3. The summed E-state index contributed by atoms with van der Waals surface area (Å²) < 4.78 is 7.63. The molecular weight excluding hydrogens is 627 g/mol. The van der Waals surface area contributed by atoms with Crippen molar-refractivity contribution < 1.29 is 0 Å². The Labute approximate surface area is 294 Å². The van der Waals surface area contributed by atoms with E-state index in [0.29, 0.717) is 0 Å². The summed E-state index contributed by atoms with van der Waals surface area (Å²) in [6.45, 7) is 0. The van der Waals surface area contributed by atoms with Crippen LogP contribution in [0, 0.1) is 17.2 Å². The molecule has 3 aromatic heterocycles. The van der Waals surface area contributed by atoms with E-state index in [-0.39, 0.29) is 5.92 Å². The first-order valence-corrected chi connectivity index (χ1v) is 18.3. The van der Waals surface area contributed by atoms with Gasteiger partial charge in [-0.1, -0.05) is 115 Å². The average Bonchev–Trinajstić information content (AvgIpc) is 3.72. The smallest absolute Gasteiger partial charge is 0.0716 e. The summed E-state index contributed by atoms with van der Waals surface area (Å²) in [6.07, 6.45) is 16.9. The van der Waals surface area contributed by atoms with E-state index in [1.165, 1.54) is 69.8 Å². The van der Waals surface area contributed by atoms with Crippen molar-refractivity contribution in [3.63, 3.8) is 0 Å². The van der Waals surface area contributed by atoms with Gasteiger partial charge in [-0.15, -0.1) is 11.3 Å². The molecule has 0 N–H and O–H groups in total. The van der Waals surface area contributed by atoms with Crippen molar-refractivity contribution in [1.82, 2.24) is 9.13 Å². The second-order valence-electron chi connectivity index (χ2n) is 13.4. The van der Waals surface area contributed by atoms with Crippen molar-refractivity contribution in [2.24, 2.45) is 5.92 Å². The summed E-state index contributed by atoms with van der Waals surface area (Å²) in [6, 6.07) is 42.4. The number of hydrogen-bond donors (Lipinski definition) is 0. The van der Waals surface area contributed by atoms with Gasteiger partial charge >= 0.3 is 0 Å². The van der Waals surface area contributed by atoms with Crippen LogP contribution in [0.4, 0.5) is 0 Å². The lowest BCUT2D eigenvalue weighted by Crippen LogP contribution is -2.07. The second-order valence-corrected chi connectivity index (χ2v) is 14.4. The van der Waals surface area contributed by atoms with Gasteiger partial charge in [0, 0.05) is 60.6 Å². The van der Waals surface area contributed by atoms with Gasteiger partial charge in [0.15, 0.2) is 0 Å². The normalized spacial score (nSPS) is 18.4. The Morgan fingerprint density at radius 2 is 1.44 bits per heavy atom. The molecule has 0 fully saturated rings. The van der Waals surface area contributed by atoms with E-state index < -0.39 is 0 Å². The zero-order valence-corrected chi connectivity index (χ0v) is 28.3. The van der Waals surface area contributed by atoms with Crippen molar-refractivity contribution in [2.75, 3.05) is 0 Å². The maximum Gasteiger partial charge on any atom is 0.0716 e. The van der Waals surface area contributed by atoms with Gasteiger partial charge in [-0.3, -0.25) is 0 Å². The molecule has 4 heteroatoms. The van der Waals surface area contributed by atoms with Crippen LogP contribution in [0.3, 0.4) is 0 Å². The molecule has 10 rings (SSSR count). The monoisotopic (exact) mass is 659 g/mol. The molecule has 238 valence electrons. The summed E-state index contributed by atoms with van der Waals surface area (Å²) in [5.74, 6) is -0.160. The number of thiophene rings is 1. The number of rotatable bonds is 3. The topological polar surface area (TPSA) is 33.6 Å². The zero-order valence-electron chi connectivity index (χ0n) is 27.5. The van der Waals surface area contributed by atoms with Crippen LogP contribution in [0.1, 0.15) is 36.1 Å². The molecule has 0 bridgehead atoms. The third-order valence-corrected chi connectivity index (χ3v) is 11.8. The lowest BCUT2D eigenvalue weighted by atomic mass is 9.91. The highest BCUT2D eigenvalue weighted by Gasteiger charge is 2.23. The Morgan fingerprint density at radius 1 is 0.700 bits per heavy atom. The third kappa shape index (κ3) is 4.40. The molecule has 3 heterocycles. The minimum Gasteiger partial charge on any atom is -0.312 e. The molecule has 1 atom stereocenters. The van der Waals surface area contributed by atoms with Crippen molar-refractivity contribution in [2.45, 2.75) is 25.7 Å². The van der Waals surface area contributed by atoms with E-state index in [1.54, 1.807) is 0 Å². The van der Waals surface area contributed by atoms with E-state index in [4.69, 9.17) is 0 Å². The first kappa shape index (κ1) is 29.1. The number of para-hydroxylation sites is 3. The van der Waals surface area contributed by atoms with Gasteiger partial charge in [-0.2, -0.15) is 5.26 Å². The van der Waals surface area contributed by atoms with Crippen LogP contribution < -0.4 is 0 Å². The Bertz CT molecular complexity index is 2840. The van der Waals surface area contributed by atoms with Gasteiger partial charge in [0.2, 0.25) is 0 Å². The van der Waals surface area contributed by atoms with E-state index >= 15 is 0 Å². The molecule has 3 nitrogen and oxygen atoms in total. The highest BCUT2D eigenvalue weighted by atomic mass is 32.1. The van der Waals surface area contributed by atoms with Gasteiger partial charge < -0.3 is 9.13 Å². The van der Waals surface area contributed by atoms with E-state index in [2.05, 4.69) is 161 Å². The molecule has 2 aliphatic rings. The van der Waals surface area contributed by atoms with Gasteiger partial charge in [0.1, 0.15) is 0 Å². The Kier molecular flexibility index (Phi) is 6.75. The minimum absolute atomic E-state index is 0.160. The fraction of sp³-hybridized carbons (Fsp3) is 0.109. The predicted molar refractivity (Wildman–Crippen MR) is 213 cm³/mol.